The first kappa shape index (κ1) is 22.4. The molecule has 0 radical (unpaired) electrons. The zero-order valence-electron chi connectivity index (χ0n) is 15.7. The fourth-order valence-electron chi connectivity index (χ4n) is 1.91. The van der Waals surface area contributed by atoms with Crippen molar-refractivity contribution in [2.75, 3.05) is 13.2 Å². The Morgan fingerprint density at radius 1 is 0.917 bits per heavy atom. The molecule has 7 nitrogen and oxygen atoms in total. The molecule has 0 heterocycles. The van der Waals surface area contributed by atoms with Crippen LogP contribution in [-0.2, 0) is 28.7 Å². The van der Waals surface area contributed by atoms with Crippen LogP contribution in [0.1, 0.15) is 67.2 Å². The van der Waals surface area contributed by atoms with E-state index in [-0.39, 0.29) is 19.6 Å². The number of nitrogens with zero attached hydrogens (tertiary/aromatic N) is 1. The van der Waals surface area contributed by atoms with Gasteiger partial charge in [-0.25, -0.2) is 9.59 Å². The number of hydrogen-bond donors (Lipinski definition) is 0. The number of carbonyl (C=O) groups is 3. The molecule has 0 aromatic heterocycles. The van der Waals surface area contributed by atoms with Gasteiger partial charge in [0.25, 0.3) is 6.04 Å². The van der Waals surface area contributed by atoms with Crippen molar-refractivity contribution in [3.05, 3.63) is 0 Å². The van der Waals surface area contributed by atoms with Crippen LogP contribution < -0.4 is 0 Å². The topological polar surface area (TPSA) is 82.1 Å². The van der Waals surface area contributed by atoms with E-state index >= 15 is 0 Å². The normalized spacial score (nSPS) is 11.3. The highest BCUT2D eigenvalue weighted by molar-refractivity contribution is 6.02. The van der Waals surface area contributed by atoms with Gasteiger partial charge >= 0.3 is 11.9 Å². The number of rotatable bonds is 10. The molecular weight excluding hydrogens is 314 g/mol. The van der Waals surface area contributed by atoms with Gasteiger partial charge in [0.2, 0.25) is 5.91 Å². The highest BCUT2D eigenvalue weighted by atomic mass is 16.7. The minimum Gasteiger partial charge on any atom is -0.464 e. The van der Waals surface area contributed by atoms with Gasteiger partial charge in [0.05, 0.1) is 18.8 Å². The van der Waals surface area contributed by atoms with Gasteiger partial charge in [0.15, 0.2) is 0 Å². The maximum Gasteiger partial charge on any atom is 0.343 e. The summed E-state index contributed by atoms with van der Waals surface area (Å²) in [6, 6.07) is -1.56. The van der Waals surface area contributed by atoms with E-state index in [9.17, 15) is 14.4 Å². The van der Waals surface area contributed by atoms with Gasteiger partial charge < -0.3 is 9.47 Å². The summed E-state index contributed by atoms with van der Waals surface area (Å²) in [5.74, 6) is -2.16. The number of ether oxygens (including phenoxy) is 2. The molecule has 0 aliphatic rings. The Morgan fingerprint density at radius 3 is 1.79 bits per heavy atom. The number of hydroxylamine groups is 2. The van der Waals surface area contributed by atoms with Crippen molar-refractivity contribution >= 4 is 17.8 Å². The number of unbranched alkanes of at least 4 members (excludes halogenated alkanes) is 2. The summed E-state index contributed by atoms with van der Waals surface area (Å²) in [6.07, 6.45) is 2.65. The molecule has 0 bridgehead atoms. The van der Waals surface area contributed by atoms with Gasteiger partial charge in [-0.2, -0.15) is 5.06 Å². The Morgan fingerprint density at radius 2 is 1.42 bits per heavy atom. The molecule has 0 unspecified atom stereocenters. The summed E-state index contributed by atoms with van der Waals surface area (Å²) in [5, 5.41) is 0.825. The number of carbonyl (C=O) groups excluding carboxylic acids is 3. The Labute approximate surface area is 144 Å². The molecule has 0 spiro atoms. The molecule has 0 N–H and O–H groups in total. The molecule has 1 amide bonds. The van der Waals surface area contributed by atoms with Crippen molar-refractivity contribution in [1.82, 2.24) is 5.06 Å². The summed E-state index contributed by atoms with van der Waals surface area (Å²) in [4.78, 5) is 42.6. The third-order valence-electron chi connectivity index (χ3n) is 2.87. The maximum atomic E-state index is 12.5. The fourth-order valence-corrected chi connectivity index (χ4v) is 1.91. The van der Waals surface area contributed by atoms with Gasteiger partial charge in [0, 0.05) is 6.42 Å². The van der Waals surface area contributed by atoms with E-state index in [1.54, 1.807) is 34.6 Å². The second-order valence-electron chi connectivity index (χ2n) is 6.29. The smallest absolute Gasteiger partial charge is 0.343 e. The van der Waals surface area contributed by atoms with Crippen molar-refractivity contribution in [2.24, 2.45) is 0 Å². The Hall–Kier alpha value is -1.63. The fraction of sp³-hybridized carbons (Fsp3) is 0.824. The highest BCUT2D eigenvalue weighted by Crippen LogP contribution is 2.18. The molecule has 140 valence electrons. The quantitative estimate of drug-likeness (QED) is 0.262. The van der Waals surface area contributed by atoms with Crippen LogP contribution in [-0.4, -0.2) is 47.8 Å². The van der Waals surface area contributed by atoms with Gasteiger partial charge in [-0.1, -0.05) is 19.8 Å². The molecule has 0 saturated heterocycles. The van der Waals surface area contributed by atoms with E-state index in [2.05, 4.69) is 0 Å². The predicted molar refractivity (Wildman–Crippen MR) is 88.9 cm³/mol. The van der Waals surface area contributed by atoms with E-state index < -0.39 is 29.5 Å². The Balaban J connectivity index is 5.48. The van der Waals surface area contributed by atoms with Crippen LogP contribution in [0.2, 0.25) is 0 Å². The lowest BCUT2D eigenvalue weighted by Crippen LogP contribution is -2.53. The van der Waals surface area contributed by atoms with Gasteiger partial charge in [0.1, 0.15) is 0 Å². The summed E-state index contributed by atoms with van der Waals surface area (Å²) in [5.41, 5.74) is -0.766. The molecular formula is C17H31NO6. The minimum absolute atomic E-state index is 0.0854. The standard InChI is InChI=1S/C17H31NO6/c1-7-10-11-12-13(19)18(24-17(4,5)6)14(15(20)22-8-2)16(21)23-9-3/h14H,7-12H2,1-6H3. The van der Waals surface area contributed by atoms with Crippen molar-refractivity contribution in [2.45, 2.75) is 78.9 Å². The first-order valence-electron chi connectivity index (χ1n) is 8.52. The van der Waals surface area contributed by atoms with Crippen LogP contribution in [0.15, 0.2) is 0 Å². The molecule has 0 saturated carbocycles. The summed E-state index contributed by atoms with van der Waals surface area (Å²) < 4.78 is 9.86. The average molecular weight is 345 g/mol. The van der Waals surface area contributed by atoms with E-state index in [1.807, 2.05) is 6.92 Å². The van der Waals surface area contributed by atoms with E-state index in [4.69, 9.17) is 14.3 Å². The number of amides is 1. The molecule has 0 fully saturated rings. The molecule has 24 heavy (non-hydrogen) atoms. The van der Waals surface area contributed by atoms with Crippen molar-refractivity contribution in [3.8, 4) is 0 Å². The number of esters is 2. The van der Waals surface area contributed by atoms with E-state index in [1.165, 1.54) is 0 Å². The lowest BCUT2D eigenvalue weighted by atomic mass is 10.1. The second-order valence-corrected chi connectivity index (χ2v) is 6.29. The van der Waals surface area contributed by atoms with E-state index in [0.717, 1.165) is 17.9 Å². The third kappa shape index (κ3) is 8.29. The average Bonchev–Trinajstić information content (AvgIpc) is 2.46. The molecule has 0 aliphatic carbocycles. The largest absolute Gasteiger partial charge is 0.464 e. The minimum atomic E-state index is -1.56. The molecule has 0 aromatic rings. The Bertz CT molecular complexity index is 398. The molecule has 0 rings (SSSR count). The van der Waals surface area contributed by atoms with Crippen molar-refractivity contribution in [3.63, 3.8) is 0 Å². The lowest BCUT2D eigenvalue weighted by molar-refractivity contribution is -0.247. The summed E-state index contributed by atoms with van der Waals surface area (Å²) in [7, 11) is 0. The monoisotopic (exact) mass is 345 g/mol. The van der Waals surface area contributed by atoms with Gasteiger partial charge in [-0.15, -0.1) is 0 Å². The van der Waals surface area contributed by atoms with Gasteiger partial charge in [-0.05, 0) is 41.0 Å². The lowest BCUT2D eigenvalue weighted by Gasteiger charge is -2.33. The molecule has 0 atom stereocenters. The zero-order valence-corrected chi connectivity index (χ0v) is 15.7. The summed E-state index contributed by atoms with van der Waals surface area (Å²) >= 11 is 0. The van der Waals surface area contributed by atoms with Crippen molar-refractivity contribution in [1.29, 1.82) is 0 Å². The van der Waals surface area contributed by atoms with E-state index in [0.29, 0.717) is 6.42 Å². The first-order chi connectivity index (χ1) is 11.2. The first-order valence-corrected chi connectivity index (χ1v) is 8.52. The molecule has 7 heteroatoms. The van der Waals surface area contributed by atoms with Crippen LogP contribution in [0, 0.1) is 0 Å². The zero-order chi connectivity index (χ0) is 18.8. The van der Waals surface area contributed by atoms with Crippen LogP contribution in [0.4, 0.5) is 0 Å². The third-order valence-corrected chi connectivity index (χ3v) is 2.87. The number of hydrogen-bond acceptors (Lipinski definition) is 6. The predicted octanol–water partition coefficient (Wildman–Crippen LogP) is 2.62. The second kappa shape index (κ2) is 11.0. The van der Waals surface area contributed by atoms with Crippen LogP contribution >= 0.6 is 0 Å². The van der Waals surface area contributed by atoms with Crippen LogP contribution in [0.25, 0.3) is 0 Å². The highest BCUT2D eigenvalue weighted by Gasteiger charge is 2.41. The van der Waals surface area contributed by atoms with Crippen LogP contribution in [0.3, 0.4) is 0 Å². The van der Waals surface area contributed by atoms with Gasteiger partial charge in [-0.3, -0.25) is 9.63 Å². The molecule has 0 aliphatic heterocycles. The SMILES string of the molecule is CCCCCC(=O)N(OC(C)(C)C)C(C(=O)OCC)C(=O)OCC. The Kier molecular flexibility index (Phi) is 10.3. The van der Waals surface area contributed by atoms with Crippen molar-refractivity contribution < 1.29 is 28.7 Å². The summed E-state index contributed by atoms with van der Waals surface area (Å²) in [6.45, 7) is 10.6. The van der Waals surface area contributed by atoms with Crippen LogP contribution in [0.5, 0.6) is 0 Å². The maximum absolute atomic E-state index is 12.5. The molecule has 0 aromatic carbocycles.